The molecule has 0 N–H and O–H groups in total. The van der Waals surface area contributed by atoms with Crippen molar-refractivity contribution in [1.29, 1.82) is 5.26 Å². The van der Waals surface area contributed by atoms with Crippen molar-refractivity contribution in [2.45, 2.75) is 23.6 Å². The van der Waals surface area contributed by atoms with Gasteiger partial charge in [0.1, 0.15) is 11.1 Å². The zero-order valence-electron chi connectivity index (χ0n) is 10.1. The Labute approximate surface area is 111 Å². The zero-order valence-corrected chi connectivity index (χ0v) is 10.9. The molecule has 0 radical (unpaired) electrons. The van der Waals surface area contributed by atoms with Crippen LogP contribution in [0, 0.1) is 11.3 Å². The normalized spacial score (nSPS) is 11.8. The van der Waals surface area contributed by atoms with E-state index in [2.05, 4.69) is 29.3 Å². The fourth-order valence-electron chi connectivity index (χ4n) is 1.64. The van der Waals surface area contributed by atoms with Crippen molar-refractivity contribution in [3.63, 3.8) is 0 Å². The van der Waals surface area contributed by atoms with Gasteiger partial charge in [0.15, 0.2) is 5.69 Å². The van der Waals surface area contributed by atoms with Gasteiger partial charge in [0, 0.05) is 5.25 Å². The predicted octanol–water partition coefficient (Wildman–Crippen LogP) is 3.59. The Kier molecular flexibility index (Phi) is 4.32. The third-order valence-corrected chi connectivity index (χ3v) is 3.91. The van der Waals surface area contributed by atoms with Gasteiger partial charge in [-0.2, -0.15) is 5.26 Å². The van der Waals surface area contributed by atoms with Gasteiger partial charge in [0.05, 0.1) is 0 Å². The molecule has 2 rings (SSSR count). The Morgan fingerprint density at radius 3 is 2.50 bits per heavy atom. The average Bonchev–Trinajstić information content (AvgIpc) is 2.46. The summed E-state index contributed by atoms with van der Waals surface area (Å²) in [6.45, 7) is 2.15. The second-order valence-electron chi connectivity index (χ2n) is 3.79. The van der Waals surface area contributed by atoms with E-state index in [1.54, 1.807) is 17.8 Å². The molecule has 0 spiro atoms. The van der Waals surface area contributed by atoms with Crippen LogP contribution in [-0.2, 0) is 0 Å². The number of hydrogen-bond donors (Lipinski definition) is 0. The first-order chi connectivity index (χ1) is 8.83. The number of aromatic nitrogens is 2. The molecular weight excluding hydrogens is 242 g/mol. The molecule has 1 unspecified atom stereocenters. The highest BCUT2D eigenvalue weighted by atomic mass is 32.2. The van der Waals surface area contributed by atoms with E-state index < -0.39 is 0 Å². The molecule has 1 atom stereocenters. The predicted molar refractivity (Wildman–Crippen MR) is 72.1 cm³/mol. The Balaban J connectivity index is 2.13. The van der Waals surface area contributed by atoms with Gasteiger partial charge in [0.25, 0.3) is 0 Å². The average molecular weight is 255 g/mol. The minimum absolute atomic E-state index is 0.354. The second kappa shape index (κ2) is 6.18. The minimum atomic E-state index is 0.354. The van der Waals surface area contributed by atoms with Crippen LogP contribution in [0.5, 0.6) is 0 Å². The van der Waals surface area contributed by atoms with Crippen molar-refractivity contribution in [1.82, 2.24) is 10.2 Å². The fraction of sp³-hybridized carbons (Fsp3) is 0.214. The third kappa shape index (κ3) is 3.08. The van der Waals surface area contributed by atoms with Crippen LogP contribution in [0.1, 0.15) is 29.9 Å². The zero-order chi connectivity index (χ0) is 12.8. The maximum absolute atomic E-state index is 8.68. The first kappa shape index (κ1) is 12.6. The van der Waals surface area contributed by atoms with E-state index in [9.17, 15) is 0 Å². The molecule has 1 aromatic heterocycles. The van der Waals surface area contributed by atoms with Crippen LogP contribution in [0.25, 0.3) is 0 Å². The SMILES string of the molecule is CCC(Sc1ccc(C#N)nn1)c1ccccc1. The van der Waals surface area contributed by atoms with E-state index in [1.165, 1.54) is 5.56 Å². The summed E-state index contributed by atoms with van der Waals surface area (Å²) in [4.78, 5) is 0. The molecule has 0 aliphatic rings. The summed E-state index contributed by atoms with van der Waals surface area (Å²) < 4.78 is 0. The highest BCUT2D eigenvalue weighted by molar-refractivity contribution is 7.99. The topological polar surface area (TPSA) is 49.6 Å². The number of rotatable bonds is 4. The number of nitrogens with zero attached hydrogens (tertiary/aromatic N) is 3. The molecule has 3 nitrogen and oxygen atoms in total. The molecule has 1 aromatic carbocycles. The van der Waals surface area contributed by atoms with Crippen molar-refractivity contribution in [2.24, 2.45) is 0 Å². The lowest BCUT2D eigenvalue weighted by Crippen LogP contribution is -1.95. The third-order valence-electron chi connectivity index (χ3n) is 2.56. The number of hydrogen-bond acceptors (Lipinski definition) is 4. The van der Waals surface area contributed by atoms with Crippen molar-refractivity contribution in [3.05, 3.63) is 53.7 Å². The van der Waals surface area contributed by atoms with E-state index in [0.29, 0.717) is 10.9 Å². The largest absolute Gasteiger partial charge is 0.191 e. The Morgan fingerprint density at radius 1 is 1.17 bits per heavy atom. The molecule has 0 saturated heterocycles. The summed E-state index contributed by atoms with van der Waals surface area (Å²) >= 11 is 1.68. The van der Waals surface area contributed by atoms with Gasteiger partial charge in [-0.25, -0.2) is 0 Å². The molecule has 0 bridgehead atoms. The lowest BCUT2D eigenvalue weighted by Gasteiger charge is -2.13. The van der Waals surface area contributed by atoms with E-state index in [1.807, 2.05) is 30.3 Å². The Hall–Kier alpha value is -1.86. The molecular formula is C14H13N3S. The molecule has 0 fully saturated rings. The Bertz CT molecular complexity index is 531. The summed E-state index contributed by atoms with van der Waals surface area (Å²) in [6, 6.07) is 15.9. The van der Waals surface area contributed by atoms with Gasteiger partial charge < -0.3 is 0 Å². The van der Waals surface area contributed by atoms with Crippen LogP contribution >= 0.6 is 11.8 Å². The summed E-state index contributed by atoms with van der Waals surface area (Å²) in [5.74, 6) is 0. The first-order valence-corrected chi connectivity index (χ1v) is 6.67. The molecule has 4 heteroatoms. The van der Waals surface area contributed by atoms with Crippen LogP contribution in [0.3, 0.4) is 0 Å². The van der Waals surface area contributed by atoms with Crippen LogP contribution < -0.4 is 0 Å². The van der Waals surface area contributed by atoms with Crippen molar-refractivity contribution in [3.8, 4) is 6.07 Å². The van der Waals surface area contributed by atoms with Crippen LogP contribution in [0.15, 0.2) is 47.5 Å². The molecule has 0 aliphatic heterocycles. The molecule has 0 aliphatic carbocycles. The van der Waals surface area contributed by atoms with Gasteiger partial charge in [-0.1, -0.05) is 49.0 Å². The number of thioether (sulfide) groups is 1. The van der Waals surface area contributed by atoms with E-state index in [-0.39, 0.29) is 0 Å². The van der Waals surface area contributed by atoms with E-state index in [4.69, 9.17) is 5.26 Å². The van der Waals surface area contributed by atoms with Gasteiger partial charge in [0.2, 0.25) is 0 Å². The number of benzene rings is 1. The van der Waals surface area contributed by atoms with E-state index >= 15 is 0 Å². The van der Waals surface area contributed by atoms with E-state index in [0.717, 1.165) is 11.4 Å². The first-order valence-electron chi connectivity index (χ1n) is 5.79. The van der Waals surface area contributed by atoms with Gasteiger partial charge in [-0.3, -0.25) is 0 Å². The molecule has 18 heavy (non-hydrogen) atoms. The number of nitriles is 1. The molecule has 0 amide bonds. The highest BCUT2D eigenvalue weighted by Gasteiger charge is 2.11. The molecule has 90 valence electrons. The Morgan fingerprint density at radius 2 is 1.94 bits per heavy atom. The van der Waals surface area contributed by atoms with Gasteiger partial charge in [-0.05, 0) is 24.1 Å². The fourth-order valence-corrected chi connectivity index (χ4v) is 2.63. The van der Waals surface area contributed by atoms with Crippen LogP contribution in [0.4, 0.5) is 0 Å². The summed E-state index contributed by atoms with van der Waals surface area (Å²) in [6.07, 6.45) is 1.02. The van der Waals surface area contributed by atoms with Crippen molar-refractivity contribution >= 4 is 11.8 Å². The summed E-state index contributed by atoms with van der Waals surface area (Å²) in [5.41, 5.74) is 1.64. The molecule has 0 saturated carbocycles. The van der Waals surface area contributed by atoms with Crippen molar-refractivity contribution < 1.29 is 0 Å². The minimum Gasteiger partial charge on any atom is -0.191 e. The quantitative estimate of drug-likeness (QED) is 0.783. The second-order valence-corrected chi connectivity index (χ2v) is 5.02. The standard InChI is InChI=1S/C14H13N3S/c1-2-13(11-6-4-3-5-7-11)18-14-9-8-12(10-15)16-17-14/h3-9,13H,2H2,1H3. The lowest BCUT2D eigenvalue weighted by atomic mass is 10.1. The maximum atomic E-state index is 8.68. The van der Waals surface area contributed by atoms with Gasteiger partial charge in [-0.15, -0.1) is 10.2 Å². The monoisotopic (exact) mass is 255 g/mol. The van der Waals surface area contributed by atoms with Crippen LogP contribution in [-0.4, -0.2) is 10.2 Å². The summed E-state index contributed by atoms with van der Waals surface area (Å²) in [5, 5.41) is 17.8. The smallest absolute Gasteiger partial charge is 0.163 e. The van der Waals surface area contributed by atoms with Gasteiger partial charge >= 0.3 is 0 Å². The lowest BCUT2D eigenvalue weighted by molar-refractivity contribution is 0.871. The highest BCUT2D eigenvalue weighted by Crippen LogP contribution is 2.36. The van der Waals surface area contributed by atoms with Crippen molar-refractivity contribution in [2.75, 3.05) is 0 Å². The molecule has 1 heterocycles. The summed E-state index contributed by atoms with van der Waals surface area (Å²) in [7, 11) is 0. The molecule has 2 aromatic rings. The van der Waals surface area contributed by atoms with Crippen LogP contribution in [0.2, 0.25) is 0 Å². The maximum Gasteiger partial charge on any atom is 0.163 e.